The molecule has 5 heteroatoms. The number of H-pyrrole nitrogens is 1. The molecule has 0 unspecified atom stereocenters. The van der Waals surface area contributed by atoms with Crippen molar-refractivity contribution in [1.82, 2.24) is 9.97 Å². The highest BCUT2D eigenvalue weighted by atomic mass is 19.1. The van der Waals surface area contributed by atoms with E-state index >= 15 is 0 Å². The fourth-order valence-electron chi connectivity index (χ4n) is 2.73. The molecule has 0 atom stereocenters. The molecule has 0 aliphatic rings. The van der Waals surface area contributed by atoms with Crippen LogP contribution in [0.15, 0.2) is 66.9 Å². The van der Waals surface area contributed by atoms with Gasteiger partial charge in [-0.3, -0.25) is 0 Å². The quantitative estimate of drug-likeness (QED) is 0.545. The molecular formula is C20H16FN3O. The first-order valence-electron chi connectivity index (χ1n) is 7.87. The Hall–Kier alpha value is -3.34. The van der Waals surface area contributed by atoms with E-state index in [2.05, 4.69) is 15.3 Å². The first-order valence-corrected chi connectivity index (χ1v) is 7.87. The SMILES string of the molecule is COc1ccc(Nc2cc3[nH]c(-c4cccc(F)c4)cc3cn2)cc1. The van der Waals surface area contributed by atoms with Crippen LogP contribution >= 0.6 is 0 Å². The van der Waals surface area contributed by atoms with Crippen molar-refractivity contribution in [2.24, 2.45) is 0 Å². The van der Waals surface area contributed by atoms with Crippen LogP contribution in [0, 0.1) is 5.82 Å². The number of hydrogen-bond donors (Lipinski definition) is 2. The lowest BCUT2D eigenvalue weighted by Crippen LogP contribution is -1.93. The maximum Gasteiger partial charge on any atom is 0.132 e. The lowest BCUT2D eigenvalue weighted by Gasteiger charge is -2.06. The van der Waals surface area contributed by atoms with Crippen molar-refractivity contribution in [3.63, 3.8) is 0 Å². The van der Waals surface area contributed by atoms with E-state index in [0.29, 0.717) is 0 Å². The van der Waals surface area contributed by atoms with Gasteiger partial charge < -0.3 is 15.0 Å². The summed E-state index contributed by atoms with van der Waals surface area (Å²) in [5.41, 5.74) is 3.52. The van der Waals surface area contributed by atoms with Crippen molar-refractivity contribution >= 4 is 22.4 Å². The zero-order chi connectivity index (χ0) is 17.2. The molecule has 2 N–H and O–H groups in total. The van der Waals surface area contributed by atoms with Gasteiger partial charge in [-0.2, -0.15) is 0 Å². The number of nitrogens with zero attached hydrogens (tertiary/aromatic N) is 1. The van der Waals surface area contributed by atoms with E-state index in [9.17, 15) is 4.39 Å². The van der Waals surface area contributed by atoms with E-state index in [1.165, 1.54) is 12.1 Å². The third kappa shape index (κ3) is 3.17. The Morgan fingerprint density at radius 2 is 1.88 bits per heavy atom. The topological polar surface area (TPSA) is 49.9 Å². The van der Waals surface area contributed by atoms with Crippen molar-refractivity contribution in [2.45, 2.75) is 0 Å². The number of fused-ring (bicyclic) bond motifs is 1. The average Bonchev–Trinajstić information content (AvgIpc) is 3.06. The second-order valence-electron chi connectivity index (χ2n) is 5.70. The number of halogens is 1. The lowest BCUT2D eigenvalue weighted by atomic mass is 10.1. The van der Waals surface area contributed by atoms with Gasteiger partial charge in [0.05, 0.1) is 12.6 Å². The molecule has 4 rings (SSSR count). The third-order valence-electron chi connectivity index (χ3n) is 4.00. The minimum atomic E-state index is -0.254. The molecule has 0 aliphatic carbocycles. The number of rotatable bonds is 4. The van der Waals surface area contributed by atoms with Gasteiger partial charge in [0.25, 0.3) is 0 Å². The van der Waals surface area contributed by atoms with E-state index in [4.69, 9.17) is 4.74 Å². The Balaban J connectivity index is 1.63. The normalized spacial score (nSPS) is 10.8. The second kappa shape index (κ2) is 6.28. The fraction of sp³-hybridized carbons (Fsp3) is 0.0500. The predicted octanol–water partition coefficient (Wildman–Crippen LogP) is 5.12. The van der Waals surface area contributed by atoms with Crippen molar-refractivity contribution in [3.8, 4) is 17.0 Å². The summed E-state index contributed by atoms with van der Waals surface area (Å²) in [6.45, 7) is 0. The zero-order valence-corrected chi connectivity index (χ0v) is 13.6. The van der Waals surface area contributed by atoms with Crippen LogP contribution in [0.2, 0.25) is 0 Å². The minimum Gasteiger partial charge on any atom is -0.497 e. The number of ether oxygens (including phenoxy) is 1. The van der Waals surface area contributed by atoms with Crippen LogP contribution in [0.3, 0.4) is 0 Å². The van der Waals surface area contributed by atoms with Crippen molar-refractivity contribution in [2.75, 3.05) is 12.4 Å². The Labute approximate surface area is 144 Å². The first-order chi connectivity index (χ1) is 12.2. The second-order valence-corrected chi connectivity index (χ2v) is 5.70. The highest BCUT2D eigenvalue weighted by molar-refractivity contribution is 5.87. The number of hydrogen-bond acceptors (Lipinski definition) is 3. The molecule has 2 aromatic carbocycles. The van der Waals surface area contributed by atoms with Crippen molar-refractivity contribution in [3.05, 3.63) is 72.7 Å². The van der Waals surface area contributed by atoms with Gasteiger partial charge in [-0.05, 0) is 42.5 Å². The lowest BCUT2D eigenvalue weighted by molar-refractivity contribution is 0.415. The smallest absolute Gasteiger partial charge is 0.132 e. The van der Waals surface area contributed by atoms with Gasteiger partial charge in [0.15, 0.2) is 0 Å². The Kier molecular flexibility index (Phi) is 3.82. The largest absolute Gasteiger partial charge is 0.497 e. The highest BCUT2D eigenvalue weighted by Crippen LogP contribution is 2.26. The molecule has 0 saturated carbocycles. The van der Waals surface area contributed by atoms with Crippen LogP contribution in [0.1, 0.15) is 0 Å². The van der Waals surface area contributed by atoms with E-state index in [-0.39, 0.29) is 5.82 Å². The van der Waals surface area contributed by atoms with Crippen LogP contribution in [-0.4, -0.2) is 17.1 Å². The zero-order valence-electron chi connectivity index (χ0n) is 13.6. The molecule has 0 radical (unpaired) electrons. The fourth-order valence-corrected chi connectivity index (χ4v) is 2.73. The summed E-state index contributed by atoms with van der Waals surface area (Å²) in [5, 5.41) is 4.23. The highest BCUT2D eigenvalue weighted by Gasteiger charge is 2.06. The summed E-state index contributed by atoms with van der Waals surface area (Å²) in [7, 11) is 1.64. The summed E-state index contributed by atoms with van der Waals surface area (Å²) < 4.78 is 18.6. The van der Waals surface area contributed by atoms with Crippen LogP contribution in [-0.2, 0) is 0 Å². The third-order valence-corrected chi connectivity index (χ3v) is 4.00. The molecule has 0 saturated heterocycles. The van der Waals surface area contributed by atoms with Gasteiger partial charge in [-0.25, -0.2) is 9.37 Å². The van der Waals surface area contributed by atoms with Crippen LogP contribution in [0.5, 0.6) is 5.75 Å². The number of pyridine rings is 1. The van der Waals surface area contributed by atoms with Crippen molar-refractivity contribution < 1.29 is 9.13 Å². The molecule has 2 heterocycles. The van der Waals surface area contributed by atoms with E-state index in [1.807, 2.05) is 42.5 Å². The van der Waals surface area contributed by atoms with E-state index in [1.54, 1.807) is 19.4 Å². The monoisotopic (exact) mass is 333 g/mol. The van der Waals surface area contributed by atoms with Crippen LogP contribution in [0.25, 0.3) is 22.2 Å². The van der Waals surface area contributed by atoms with Crippen LogP contribution < -0.4 is 10.1 Å². The summed E-state index contributed by atoms with van der Waals surface area (Å²) in [6.07, 6.45) is 1.79. The Morgan fingerprint density at radius 1 is 1.04 bits per heavy atom. The summed E-state index contributed by atoms with van der Waals surface area (Å²) in [6, 6.07) is 18.0. The predicted molar refractivity (Wildman–Crippen MR) is 97.8 cm³/mol. The molecule has 25 heavy (non-hydrogen) atoms. The number of methoxy groups -OCH3 is 1. The molecule has 0 fully saturated rings. The van der Waals surface area contributed by atoms with Gasteiger partial charge in [0.1, 0.15) is 17.4 Å². The molecule has 0 bridgehead atoms. The number of nitrogens with one attached hydrogen (secondary N) is 2. The number of benzene rings is 2. The summed E-state index contributed by atoms with van der Waals surface area (Å²) in [4.78, 5) is 7.75. The number of anilines is 2. The molecule has 4 nitrogen and oxygen atoms in total. The minimum absolute atomic E-state index is 0.254. The van der Waals surface area contributed by atoms with E-state index < -0.39 is 0 Å². The van der Waals surface area contributed by atoms with Crippen LogP contribution in [0.4, 0.5) is 15.9 Å². The van der Waals surface area contributed by atoms with Gasteiger partial charge >= 0.3 is 0 Å². The number of aromatic amines is 1. The van der Waals surface area contributed by atoms with E-state index in [0.717, 1.165) is 39.4 Å². The average molecular weight is 333 g/mol. The van der Waals surface area contributed by atoms with Crippen molar-refractivity contribution in [1.29, 1.82) is 0 Å². The number of aromatic nitrogens is 2. The molecule has 2 aromatic heterocycles. The molecule has 0 spiro atoms. The molecule has 124 valence electrons. The first kappa shape index (κ1) is 15.2. The summed E-state index contributed by atoms with van der Waals surface area (Å²) in [5.74, 6) is 1.28. The molecule has 0 amide bonds. The molecule has 4 aromatic rings. The maximum atomic E-state index is 13.4. The van der Waals surface area contributed by atoms with Gasteiger partial charge in [-0.1, -0.05) is 12.1 Å². The van der Waals surface area contributed by atoms with Gasteiger partial charge in [0.2, 0.25) is 0 Å². The van der Waals surface area contributed by atoms with Gasteiger partial charge in [0, 0.05) is 34.6 Å². The Morgan fingerprint density at radius 3 is 2.64 bits per heavy atom. The standard InChI is InChI=1S/C20H16FN3O/c1-25-17-7-5-16(6-8-17)23-20-11-19-14(12-22-20)10-18(24-19)13-3-2-4-15(21)9-13/h2-12,24H,1H3,(H,22,23). The molecular weight excluding hydrogens is 317 g/mol. The van der Waals surface area contributed by atoms with Gasteiger partial charge in [-0.15, -0.1) is 0 Å². The molecule has 0 aliphatic heterocycles. The Bertz CT molecular complexity index is 1020. The summed E-state index contributed by atoms with van der Waals surface area (Å²) >= 11 is 0. The maximum absolute atomic E-state index is 13.4.